The number of ketones is 1. The first-order valence-corrected chi connectivity index (χ1v) is 8.72. The van der Waals surface area contributed by atoms with Gasteiger partial charge in [-0.25, -0.2) is 9.67 Å². The normalized spacial score (nSPS) is 11.0. The fourth-order valence-electron chi connectivity index (χ4n) is 2.85. The fourth-order valence-corrected chi connectivity index (χ4v) is 2.85. The Bertz CT molecular complexity index is 942. The summed E-state index contributed by atoms with van der Waals surface area (Å²) in [6.45, 7) is 4.08. The van der Waals surface area contributed by atoms with E-state index < -0.39 is 0 Å². The third-order valence-electron chi connectivity index (χ3n) is 4.11. The van der Waals surface area contributed by atoms with E-state index in [0.717, 1.165) is 11.1 Å². The number of pyridine rings is 2. The molecule has 0 aromatic carbocycles. The molecule has 3 heterocycles. The van der Waals surface area contributed by atoms with Crippen LogP contribution in [0.4, 0.5) is 0 Å². The van der Waals surface area contributed by atoms with Gasteiger partial charge in [-0.05, 0) is 36.1 Å². The summed E-state index contributed by atoms with van der Waals surface area (Å²) in [6, 6.07) is 7.35. The highest BCUT2D eigenvalue weighted by atomic mass is 16.1. The predicted octanol–water partition coefficient (Wildman–Crippen LogP) is 3.17. The van der Waals surface area contributed by atoms with E-state index in [1.165, 1.54) is 4.68 Å². The fraction of sp³-hybridized carbons (Fsp3) is 0.300. The molecule has 0 aliphatic rings. The molecule has 0 bridgehead atoms. The molecule has 3 aromatic heterocycles. The number of rotatable bonds is 7. The second-order valence-electron chi connectivity index (χ2n) is 6.73. The molecular weight excluding hydrogens is 328 g/mol. The van der Waals surface area contributed by atoms with Crippen molar-refractivity contribution < 1.29 is 4.79 Å². The SMILES string of the molecule is CC(C)CC(=O)CCc1ccnc(-n2[nH]cc(-c3cccnc3)c2=O)c1. The van der Waals surface area contributed by atoms with Crippen LogP contribution in [0.1, 0.15) is 32.3 Å². The van der Waals surface area contributed by atoms with Crippen LogP contribution >= 0.6 is 0 Å². The van der Waals surface area contributed by atoms with Gasteiger partial charge in [0.15, 0.2) is 5.82 Å². The average molecular weight is 350 g/mol. The molecule has 0 aliphatic carbocycles. The summed E-state index contributed by atoms with van der Waals surface area (Å²) in [4.78, 5) is 32.9. The zero-order valence-corrected chi connectivity index (χ0v) is 15.0. The van der Waals surface area contributed by atoms with Crippen molar-refractivity contribution in [3.63, 3.8) is 0 Å². The van der Waals surface area contributed by atoms with E-state index >= 15 is 0 Å². The maximum atomic E-state index is 12.7. The number of aryl methyl sites for hydroxylation is 1. The summed E-state index contributed by atoms with van der Waals surface area (Å²) in [7, 11) is 0. The van der Waals surface area contributed by atoms with Crippen LogP contribution in [0.15, 0.2) is 53.8 Å². The lowest BCUT2D eigenvalue weighted by atomic mass is 10.0. The maximum absolute atomic E-state index is 12.7. The maximum Gasteiger partial charge on any atom is 0.280 e. The van der Waals surface area contributed by atoms with E-state index in [4.69, 9.17) is 0 Å². The van der Waals surface area contributed by atoms with Crippen LogP contribution in [0, 0.1) is 5.92 Å². The van der Waals surface area contributed by atoms with Crippen molar-refractivity contribution in [2.24, 2.45) is 5.92 Å². The Morgan fingerprint density at radius 2 is 2.12 bits per heavy atom. The lowest BCUT2D eigenvalue weighted by Crippen LogP contribution is -2.17. The molecular formula is C20H22N4O2. The topological polar surface area (TPSA) is 80.6 Å². The Morgan fingerprint density at radius 3 is 2.85 bits per heavy atom. The van der Waals surface area contributed by atoms with Gasteiger partial charge in [0.25, 0.3) is 5.56 Å². The molecule has 0 saturated heterocycles. The van der Waals surface area contributed by atoms with Gasteiger partial charge in [0, 0.05) is 43.2 Å². The largest absolute Gasteiger partial charge is 0.300 e. The molecule has 0 unspecified atom stereocenters. The molecule has 3 aromatic rings. The molecule has 0 spiro atoms. The highest BCUT2D eigenvalue weighted by molar-refractivity contribution is 5.78. The lowest BCUT2D eigenvalue weighted by molar-refractivity contribution is -0.119. The molecule has 3 rings (SSSR count). The first kappa shape index (κ1) is 17.8. The van der Waals surface area contributed by atoms with Crippen molar-refractivity contribution in [1.82, 2.24) is 19.7 Å². The zero-order chi connectivity index (χ0) is 18.5. The smallest absolute Gasteiger partial charge is 0.280 e. The number of Topliss-reactive ketones (excluding diaryl/α,β-unsaturated/α-hetero) is 1. The molecule has 0 fully saturated rings. The molecule has 1 N–H and O–H groups in total. The Labute approximate surface area is 151 Å². The average Bonchev–Trinajstić information content (AvgIpc) is 3.02. The summed E-state index contributed by atoms with van der Waals surface area (Å²) in [5.41, 5.74) is 2.09. The number of carbonyl (C=O) groups is 1. The van der Waals surface area contributed by atoms with Crippen molar-refractivity contribution >= 4 is 5.78 Å². The van der Waals surface area contributed by atoms with Crippen LogP contribution in [0.3, 0.4) is 0 Å². The van der Waals surface area contributed by atoms with Gasteiger partial charge >= 0.3 is 0 Å². The Balaban J connectivity index is 1.80. The standard InChI is InChI=1S/C20H22N4O2/c1-14(2)10-17(25)6-5-15-7-9-22-19(11-15)24-20(26)18(13-23-24)16-4-3-8-21-12-16/h3-4,7-9,11-14,23H,5-6,10H2,1-2H3. The van der Waals surface area contributed by atoms with Gasteiger partial charge in [-0.3, -0.25) is 19.7 Å². The number of hydrogen-bond donors (Lipinski definition) is 1. The predicted molar refractivity (Wildman–Crippen MR) is 100 cm³/mol. The van der Waals surface area contributed by atoms with E-state index in [-0.39, 0.29) is 11.3 Å². The Morgan fingerprint density at radius 1 is 1.27 bits per heavy atom. The lowest BCUT2D eigenvalue weighted by Gasteiger charge is -2.06. The quantitative estimate of drug-likeness (QED) is 0.710. The van der Waals surface area contributed by atoms with Crippen LogP contribution in [0.5, 0.6) is 0 Å². The van der Waals surface area contributed by atoms with Gasteiger partial charge in [-0.2, -0.15) is 0 Å². The number of aromatic amines is 1. The third-order valence-corrected chi connectivity index (χ3v) is 4.11. The van der Waals surface area contributed by atoms with Crippen molar-refractivity contribution in [2.75, 3.05) is 0 Å². The van der Waals surface area contributed by atoms with Gasteiger partial charge in [0.2, 0.25) is 0 Å². The van der Waals surface area contributed by atoms with Gasteiger partial charge in [0.1, 0.15) is 5.78 Å². The van der Waals surface area contributed by atoms with Crippen molar-refractivity contribution in [1.29, 1.82) is 0 Å². The monoisotopic (exact) mass is 350 g/mol. The van der Waals surface area contributed by atoms with Gasteiger partial charge in [0.05, 0.1) is 5.56 Å². The van der Waals surface area contributed by atoms with Crippen LogP contribution in [0.2, 0.25) is 0 Å². The van der Waals surface area contributed by atoms with E-state index in [9.17, 15) is 9.59 Å². The summed E-state index contributed by atoms with van der Waals surface area (Å²) in [5.74, 6) is 1.15. The van der Waals surface area contributed by atoms with Gasteiger partial charge in [-0.1, -0.05) is 19.9 Å². The van der Waals surface area contributed by atoms with Crippen molar-refractivity contribution in [3.8, 4) is 16.9 Å². The molecule has 0 radical (unpaired) electrons. The third kappa shape index (κ3) is 4.14. The minimum Gasteiger partial charge on any atom is -0.300 e. The minimum absolute atomic E-state index is 0.182. The summed E-state index contributed by atoms with van der Waals surface area (Å²) >= 11 is 0. The van der Waals surface area contributed by atoms with Crippen molar-refractivity contribution in [2.45, 2.75) is 33.1 Å². The first-order valence-electron chi connectivity index (χ1n) is 8.72. The second-order valence-corrected chi connectivity index (χ2v) is 6.73. The van der Waals surface area contributed by atoms with Crippen LogP contribution in [-0.2, 0) is 11.2 Å². The highest BCUT2D eigenvalue weighted by Crippen LogP contribution is 2.14. The summed E-state index contributed by atoms with van der Waals surface area (Å²) < 4.78 is 1.40. The Kier molecular flexibility index (Phi) is 5.41. The molecule has 0 saturated carbocycles. The van der Waals surface area contributed by atoms with E-state index in [0.29, 0.717) is 36.6 Å². The van der Waals surface area contributed by atoms with Gasteiger partial charge < -0.3 is 0 Å². The second kappa shape index (κ2) is 7.91. The number of H-pyrrole nitrogens is 1. The molecule has 6 nitrogen and oxygen atoms in total. The zero-order valence-electron chi connectivity index (χ0n) is 15.0. The number of hydrogen-bond acceptors (Lipinski definition) is 4. The molecule has 0 amide bonds. The number of nitrogens with one attached hydrogen (secondary N) is 1. The van der Waals surface area contributed by atoms with Crippen LogP contribution < -0.4 is 5.56 Å². The van der Waals surface area contributed by atoms with E-state index in [2.05, 4.69) is 15.1 Å². The van der Waals surface area contributed by atoms with Crippen LogP contribution in [0.25, 0.3) is 16.9 Å². The molecule has 0 aliphatic heterocycles. The minimum atomic E-state index is -0.182. The number of carbonyl (C=O) groups excluding carboxylic acids is 1. The molecule has 26 heavy (non-hydrogen) atoms. The number of nitrogens with zero attached hydrogens (tertiary/aromatic N) is 3. The van der Waals surface area contributed by atoms with Crippen LogP contribution in [-0.4, -0.2) is 25.5 Å². The van der Waals surface area contributed by atoms with E-state index in [1.807, 2.05) is 32.0 Å². The molecule has 134 valence electrons. The Hall–Kier alpha value is -3.02. The highest BCUT2D eigenvalue weighted by Gasteiger charge is 2.12. The van der Waals surface area contributed by atoms with Gasteiger partial charge in [-0.15, -0.1) is 0 Å². The number of aromatic nitrogens is 4. The first-order chi connectivity index (χ1) is 12.5. The van der Waals surface area contributed by atoms with Crippen molar-refractivity contribution in [3.05, 3.63) is 65.0 Å². The summed E-state index contributed by atoms with van der Waals surface area (Å²) in [6.07, 6.45) is 8.38. The van der Waals surface area contributed by atoms with E-state index in [1.54, 1.807) is 30.9 Å². The summed E-state index contributed by atoms with van der Waals surface area (Å²) in [5, 5.41) is 2.95. The molecule has 6 heteroatoms. The molecule has 0 atom stereocenters.